The number of anilines is 1. The number of allylic oxidation sites excluding steroid dienone is 1. The first kappa shape index (κ1) is 15.2. The molecule has 8 heteroatoms. The molecule has 19 heavy (non-hydrogen) atoms. The number of benzene rings is 1. The molecule has 0 saturated heterocycles. The van der Waals surface area contributed by atoms with Crippen molar-refractivity contribution in [2.24, 2.45) is 0 Å². The van der Waals surface area contributed by atoms with E-state index < -0.39 is 7.82 Å². The van der Waals surface area contributed by atoms with Crippen LogP contribution in [0.5, 0.6) is 5.75 Å². The van der Waals surface area contributed by atoms with Crippen molar-refractivity contribution >= 4 is 19.4 Å². The number of hydrogen-bond donors (Lipinski definition) is 3. The Morgan fingerprint density at radius 3 is 2.32 bits per heavy atom. The van der Waals surface area contributed by atoms with Crippen LogP contribution in [0, 0.1) is 0 Å². The first-order valence-corrected chi connectivity index (χ1v) is 6.80. The predicted octanol–water partition coefficient (Wildman–Crippen LogP) is 1.99. The second-order valence-electron chi connectivity index (χ2n) is 3.50. The first-order chi connectivity index (χ1) is 8.80. The predicted molar refractivity (Wildman–Crippen MR) is 68.3 cm³/mol. The van der Waals surface area contributed by atoms with Gasteiger partial charge in [-0.15, -0.1) is 0 Å². The Morgan fingerprint density at radius 2 is 1.89 bits per heavy atom. The van der Waals surface area contributed by atoms with Crippen LogP contribution in [0.15, 0.2) is 36.3 Å². The summed E-state index contributed by atoms with van der Waals surface area (Å²) in [6.45, 7) is 2.90. The fraction of sp³-hybridized carbons (Fsp3) is 0.182. The monoisotopic (exact) mass is 287 g/mol. The maximum Gasteiger partial charge on any atom is 0.527 e. The van der Waals surface area contributed by atoms with E-state index in [1.54, 1.807) is 12.1 Å². The summed E-state index contributed by atoms with van der Waals surface area (Å²) < 4.78 is 20.1. The molecule has 0 spiro atoms. The van der Waals surface area contributed by atoms with Gasteiger partial charge in [-0.05, 0) is 37.3 Å². The number of rotatable bonds is 5. The van der Waals surface area contributed by atoms with Crippen LogP contribution in [0.1, 0.15) is 13.8 Å². The molecule has 0 atom stereocenters. The van der Waals surface area contributed by atoms with Crippen molar-refractivity contribution in [3.05, 3.63) is 36.3 Å². The zero-order valence-electron chi connectivity index (χ0n) is 10.4. The van der Waals surface area contributed by atoms with E-state index in [4.69, 9.17) is 14.5 Å². The van der Waals surface area contributed by atoms with Gasteiger partial charge in [0.15, 0.2) is 0 Å². The molecular formula is C11H14NO6P. The molecule has 7 nitrogen and oxygen atoms in total. The number of carbonyl (C=O) groups excluding carboxylic acids is 1. The topological polar surface area (TPSA) is 105 Å². The van der Waals surface area contributed by atoms with Crippen LogP contribution >= 0.6 is 7.82 Å². The average molecular weight is 287 g/mol. The van der Waals surface area contributed by atoms with E-state index in [1.807, 2.05) is 0 Å². The second kappa shape index (κ2) is 6.38. The van der Waals surface area contributed by atoms with Crippen LogP contribution in [-0.4, -0.2) is 15.7 Å². The lowest BCUT2D eigenvalue weighted by Gasteiger charge is -2.11. The lowest BCUT2D eigenvalue weighted by molar-refractivity contribution is -0.114. The van der Waals surface area contributed by atoms with Gasteiger partial charge in [-0.2, -0.15) is 0 Å². The molecule has 0 saturated carbocycles. The highest BCUT2D eigenvalue weighted by Crippen LogP contribution is 2.39. The first-order valence-electron chi connectivity index (χ1n) is 5.27. The minimum Gasteiger partial charge on any atom is -0.426 e. The van der Waals surface area contributed by atoms with Gasteiger partial charge >= 0.3 is 7.82 Å². The van der Waals surface area contributed by atoms with Crippen molar-refractivity contribution in [2.75, 3.05) is 5.32 Å². The summed E-state index contributed by atoms with van der Waals surface area (Å²) in [5.41, 5.74) is 0.581. The van der Waals surface area contributed by atoms with Gasteiger partial charge in [0, 0.05) is 12.6 Å². The maximum absolute atomic E-state index is 10.8. The highest BCUT2D eigenvalue weighted by Gasteiger charge is 2.18. The number of ether oxygens (including phenoxy) is 1. The van der Waals surface area contributed by atoms with E-state index in [-0.39, 0.29) is 11.9 Å². The lowest BCUT2D eigenvalue weighted by atomic mass is 10.3. The van der Waals surface area contributed by atoms with Crippen LogP contribution in [0.2, 0.25) is 0 Å². The Labute approximate surface area is 110 Å². The van der Waals surface area contributed by atoms with Crippen molar-refractivity contribution < 1.29 is 28.4 Å². The van der Waals surface area contributed by atoms with Crippen molar-refractivity contribution in [1.29, 1.82) is 0 Å². The molecule has 1 amide bonds. The summed E-state index contributed by atoms with van der Waals surface area (Å²) in [6, 6.07) is 6.22. The Balaban J connectivity index is 2.71. The molecule has 0 aliphatic rings. The number of nitrogens with one attached hydrogen (secondary N) is 1. The highest BCUT2D eigenvalue weighted by atomic mass is 31.2. The van der Waals surface area contributed by atoms with Crippen molar-refractivity contribution in [3.8, 4) is 5.75 Å². The third-order valence-electron chi connectivity index (χ3n) is 1.84. The maximum atomic E-state index is 10.8. The van der Waals surface area contributed by atoms with Crippen LogP contribution < -0.4 is 10.1 Å². The smallest absolute Gasteiger partial charge is 0.426 e. The molecule has 0 aromatic heterocycles. The van der Waals surface area contributed by atoms with Gasteiger partial charge in [0.05, 0.1) is 0 Å². The summed E-state index contributed by atoms with van der Waals surface area (Å²) in [5.74, 6) is -0.191. The molecule has 0 aliphatic heterocycles. The van der Waals surface area contributed by atoms with E-state index in [0.717, 1.165) is 0 Å². The third-order valence-corrected chi connectivity index (χ3v) is 2.26. The van der Waals surface area contributed by atoms with Crippen LogP contribution in [0.25, 0.3) is 0 Å². The standard InChI is InChI=1S/C11H14NO6P/c1-3-11(18-19(14,15)16)17-10-6-4-9(5-7-10)12-8(2)13/h3-7H,1-2H3,(H,12,13)(H2,14,15,16)/b11-3-. The van der Waals surface area contributed by atoms with Crippen LogP contribution in [0.3, 0.4) is 0 Å². The second-order valence-corrected chi connectivity index (χ2v) is 4.66. The average Bonchev–Trinajstić information content (AvgIpc) is 2.28. The minimum absolute atomic E-state index is 0.201. The molecule has 1 rings (SSSR count). The van der Waals surface area contributed by atoms with Crippen LogP contribution in [0.4, 0.5) is 5.69 Å². The molecule has 0 fully saturated rings. The molecule has 1 aromatic rings. The van der Waals surface area contributed by atoms with Crippen molar-refractivity contribution in [1.82, 2.24) is 0 Å². The highest BCUT2D eigenvalue weighted by molar-refractivity contribution is 7.46. The molecule has 0 heterocycles. The van der Waals surface area contributed by atoms with Crippen molar-refractivity contribution in [3.63, 3.8) is 0 Å². The van der Waals surface area contributed by atoms with E-state index in [9.17, 15) is 9.36 Å². The van der Waals surface area contributed by atoms with Gasteiger partial charge < -0.3 is 14.6 Å². The van der Waals surface area contributed by atoms with E-state index in [1.165, 1.54) is 32.1 Å². The summed E-state index contributed by atoms with van der Waals surface area (Å²) in [6.07, 6.45) is 1.28. The SMILES string of the molecule is C/C=C(/Oc1ccc(NC(C)=O)cc1)OP(=O)(O)O. The van der Waals surface area contributed by atoms with Crippen molar-refractivity contribution in [2.45, 2.75) is 13.8 Å². The van der Waals surface area contributed by atoms with Gasteiger partial charge in [-0.1, -0.05) is 0 Å². The lowest BCUT2D eigenvalue weighted by Crippen LogP contribution is -2.05. The molecule has 0 aliphatic carbocycles. The number of phosphoric ester groups is 1. The van der Waals surface area contributed by atoms with Gasteiger partial charge in [-0.25, -0.2) is 4.57 Å². The van der Waals surface area contributed by atoms with E-state index >= 15 is 0 Å². The number of phosphoric acid groups is 1. The molecule has 3 N–H and O–H groups in total. The van der Waals surface area contributed by atoms with Crippen LogP contribution in [-0.2, 0) is 13.9 Å². The van der Waals surface area contributed by atoms with Gasteiger partial charge in [0.1, 0.15) is 5.75 Å². The third kappa shape index (κ3) is 6.05. The molecule has 0 bridgehead atoms. The Kier molecular flexibility index (Phi) is 5.11. The van der Waals surface area contributed by atoms with E-state index in [0.29, 0.717) is 11.4 Å². The molecular weight excluding hydrogens is 273 g/mol. The largest absolute Gasteiger partial charge is 0.527 e. The van der Waals surface area contributed by atoms with E-state index in [2.05, 4.69) is 9.84 Å². The molecule has 0 radical (unpaired) electrons. The Bertz CT molecular complexity index is 518. The fourth-order valence-electron chi connectivity index (χ4n) is 1.17. The van der Waals surface area contributed by atoms with Gasteiger partial charge in [-0.3, -0.25) is 14.6 Å². The number of amides is 1. The molecule has 0 unspecified atom stereocenters. The normalized spacial score (nSPS) is 11.9. The summed E-state index contributed by atoms with van der Waals surface area (Å²) in [7, 11) is -4.65. The fourth-order valence-corrected chi connectivity index (χ4v) is 1.55. The summed E-state index contributed by atoms with van der Waals surface area (Å²) in [4.78, 5) is 28.1. The minimum atomic E-state index is -4.65. The number of carbonyl (C=O) groups is 1. The Hall–Kier alpha value is -1.82. The van der Waals surface area contributed by atoms with Gasteiger partial charge in [0.2, 0.25) is 5.91 Å². The quantitative estimate of drug-likeness (QED) is 0.565. The summed E-state index contributed by atoms with van der Waals surface area (Å²) >= 11 is 0. The zero-order valence-corrected chi connectivity index (χ0v) is 11.3. The zero-order chi connectivity index (χ0) is 14.5. The summed E-state index contributed by atoms with van der Waals surface area (Å²) in [5, 5.41) is 2.57. The van der Waals surface area contributed by atoms with Gasteiger partial charge in [0.25, 0.3) is 5.95 Å². The molecule has 1 aromatic carbocycles. The number of hydrogen-bond acceptors (Lipinski definition) is 4. The Morgan fingerprint density at radius 1 is 1.32 bits per heavy atom. The molecule has 104 valence electrons.